The zero-order chi connectivity index (χ0) is 38.7. The normalized spacial score (nSPS) is 14.5. The molecular weight excluding hydrogens is 728 g/mol. The number of likely N-dealkylation sites (tertiary alicyclic amines) is 1. The number of amides is 1. The van der Waals surface area contributed by atoms with Crippen molar-refractivity contribution in [1.82, 2.24) is 20.5 Å². The predicted octanol–water partition coefficient (Wildman–Crippen LogP) is 5.81. The number of aromatic nitrogens is 1. The van der Waals surface area contributed by atoms with Crippen LogP contribution in [-0.2, 0) is 34.4 Å². The number of aliphatic hydroxyl groups is 1. The molecule has 0 aliphatic carbocycles. The maximum Gasteiger partial charge on any atom is 0.243 e. The molecule has 1 aliphatic rings. The Bertz CT molecular complexity index is 2040. The number of carbonyl (C=O) groups excluding carboxylic acids is 1. The summed E-state index contributed by atoms with van der Waals surface area (Å²) in [5.74, 6) is 1.52. The number of benzene rings is 3. The fourth-order valence-electron chi connectivity index (χ4n) is 6.27. The van der Waals surface area contributed by atoms with Gasteiger partial charge in [-0.3, -0.25) is 9.78 Å². The van der Waals surface area contributed by atoms with Crippen LogP contribution in [0, 0.1) is 13.8 Å². The van der Waals surface area contributed by atoms with E-state index in [1.807, 2.05) is 24.3 Å². The van der Waals surface area contributed by atoms with Gasteiger partial charge in [0.15, 0.2) is 9.84 Å². The highest BCUT2D eigenvalue weighted by Gasteiger charge is 2.20. The third kappa shape index (κ3) is 11.3. The largest absolute Gasteiger partial charge is 0.493 e. The first-order valence-corrected chi connectivity index (χ1v) is 20.2. The Kier molecular flexibility index (Phi) is 14.5. The van der Waals surface area contributed by atoms with E-state index in [1.165, 1.54) is 18.3 Å². The van der Waals surface area contributed by atoms with E-state index in [1.54, 1.807) is 18.3 Å². The highest BCUT2D eigenvalue weighted by atomic mass is 35.5. The molecule has 1 atom stereocenters. The summed E-state index contributed by atoms with van der Waals surface area (Å²) in [6.45, 7) is 12.4. The summed E-state index contributed by atoms with van der Waals surface area (Å²) in [6.07, 6.45) is 6.73. The van der Waals surface area contributed by atoms with Crippen LogP contribution in [0.5, 0.6) is 17.2 Å². The van der Waals surface area contributed by atoms with Gasteiger partial charge < -0.3 is 34.9 Å². The summed E-state index contributed by atoms with van der Waals surface area (Å²) < 4.78 is 43.0. The Morgan fingerprint density at radius 2 is 1.74 bits per heavy atom. The maximum absolute atomic E-state index is 12.1. The van der Waals surface area contributed by atoms with Crippen LogP contribution in [0.2, 0.25) is 5.02 Å². The summed E-state index contributed by atoms with van der Waals surface area (Å²) in [4.78, 5) is 18.0. The molecule has 2 heterocycles. The van der Waals surface area contributed by atoms with Gasteiger partial charge >= 0.3 is 0 Å². The van der Waals surface area contributed by atoms with Gasteiger partial charge in [-0.05, 0) is 78.8 Å². The molecule has 1 aliphatic heterocycles. The number of ether oxygens (including phenoxy) is 3. The lowest BCUT2D eigenvalue weighted by molar-refractivity contribution is -0.116. The van der Waals surface area contributed by atoms with Crippen molar-refractivity contribution in [2.75, 3.05) is 45.6 Å². The van der Waals surface area contributed by atoms with Crippen molar-refractivity contribution in [1.29, 1.82) is 0 Å². The van der Waals surface area contributed by atoms with Gasteiger partial charge in [-0.1, -0.05) is 48.5 Å². The Labute approximate surface area is 323 Å². The van der Waals surface area contributed by atoms with E-state index in [2.05, 4.69) is 53.1 Å². The zero-order valence-electron chi connectivity index (χ0n) is 31.1. The highest BCUT2D eigenvalue weighted by Crippen LogP contribution is 2.36. The number of nitrogens with one attached hydrogen (secondary N) is 2. The lowest BCUT2D eigenvalue weighted by atomic mass is 9.93. The van der Waals surface area contributed by atoms with Crippen LogP contribution >= 0.6 is 11.6 Å². The van der Waals surface area contributed by atoms with Gasteiger partial charge in [0.2, 0.25) is 5.91 Å². The van der Waals surface area contributed by atoms with E-state index in [9.17, 15) is 18.3 Å². The fourth-order valence-corrected chi connectivity index (χ4v) is 7.13. The minimum atomic E-state index is -3.44. The van der Waals surface area contributed by atoms with E-state index in [-0.39, 0.29) is 30.1 Å². The molecule has 288 valence electrons. The van der Waals surface area contributed by atoms with Crippen molar-refractivity contribution >= 4 is 27.3 Å². The number of rotatable bonds is 19. The lowest BCUT2D eigenvalue weighted by Gasteiger charge is -2.19. The molecule has 4 aromatic rings. The van der Waals surface area contributed by atoms with Crippen molar-refractivity contribution in [2.24, 2.45) is 0 Å². The average molecular weight is 777 g/mol. The zero-order valence-corrected chi connectivity index (χ0v) is 32.6. The van der Waals surface area contributed by atoms with E-state index < -0.39 is 9.84 Å². The Morgan fingerprint density at radius 1 is 0.981 bits per heavy atom. The number of β-amino-alcohol motifs (C(OH)–C–C–N with tert-alkyl or cyclic N) is 1. The van der Waals surface area contributed by atoms with E-state index in [0.717, 1.165) is 77.9 Å². The fraction of sp³-hybridized carbons (Fsp3) is 0.366. The highest BCUT2D eigenvalue weighted by molar-refractivity contribution is 7.90. The first-order chi connectivity index (χ1) is 25.9. The second-order valence-corrected chi connectivity index (χ2v) is 15.8. The third-order valence-electron chi connectivity index (χ3n) is 9.34. The molecule has 3 aromatic carbocycles. The molecule has 5 rings (SSSR count). The van der Waals surface area contributed by atoms with Crippen LogP contribution in [0.15, 0.2) is 84.5 Å². The molecule has 1 amide bonds. The molecule has 11 nitrogen and oxygen atoms in total. The van der Waals surface area contributed by atoms with Crippen molar-refractivity contribution < 1.29 is 32.5 Å². The minimum absolute atomic E-state index is 0.0612. The van der Waals surface area contributed by atoms with E-state index >= 15 is 0 Å². The average Bonchev–Trinajstić information content (AvgIpc) is 3.57. The maximum atomic E-state index is 12.1. The molecule has 0 radical (unpaired) electrons. The van der Waals surface area contributed by atoms with Crippen molar-refractivity contribution in [3.05, 3.63) is 112 Å². The summed E-state index contributed by atoms with van der Waals surface area (Å²) >= 11 is 6.78. The minimum Gasteiger partial charge on any atom is -0.493 e. The molecule has 0 saturated carbocycles. The molecule has 54 heavy (non-hydrogen) atoms. The predicted molar refractivity (Wildman–Crippen MR) is 211 cm³/mol. The van der Waals surface area contributed by atoms with Crippen molar-refractivity contribution in [3.8, 4) is 28.4 Å². The molecule has 0 bridgehead atoms. The number of nitrogens with zero attached hydrogens (tertiary/aromatic N) is 2. The Morgan fingerprint density at radius 3 is 2.48 bits per heavy atom. The number of aliphatic hydroxyl groups excluding tert-OH is 1. The summed E-state index contributed by atoms with van der Waals surface area (Å²) in [5.41, 5.74) is 6.61. The second-order valence-electron chi connectivity index (χ2n) is 13.4. The molecule has 0 unspecified atom stereocenters. The Balaban J connectivity index is 1.29. The number of halogens is 1. The number of carbonyl (C=O) groups is 1. The smallest absolute Gasteiger partial charge is 0.243 e. The molecular formula is C41H49ClN4O7S. The summed E-state index contributed by atoms with van der Waals surface area (Å²) in [6, 6.07) is 17.3. The molecule has 1 saturated heterocycles. The molecule has 3 N–H and O–H groups in total. The van der Waals surface area contributed by atoms with Gasteiger partial charge in [-0.25, -0.2) is 8.42 Å². The van der Waals surface area contributed by atoms with Crippen LogP contribution in [0.1, 0.15) is 40.7 Å². The van der Waals surface area contributed by atoms with E-state index in [0.29, 0.717) is 48.3 Å². The van der Waals surface area contributed by atoms with Crippen LogP contribution in [-0.4, -0.2) is 81.0 Å². The summed E-state index contributed by atoms with van der Waals surface area (Å²) in [5, 5.41) is 16.2. The van der Waals surface area contributed by atoms with E-state index in [4.69, 9.17) is 25.8 Å². The molecule has 13 heteroatoms. The topological polar surface area (TPSA) is 139 Å². The van der Waals surface area contributed by atoms with Crippen molar-refractivity contribution in [2.45, 2.75) is 57.4 Å². The molecule has 1 aromatic heterocycles. The number of sulfone groups is 1. The van der Waals surface area contributed by atoms with Gasteiger partial charge in [0.25, 0.3) is 0 Å². The van der Waals surface area contributed by atoms with Gasteiger partial charge in [0.1, 0.15) is 30.5 Å². The van der Waals surface area contributed by atoms with Crippen LogP contribution in [0.4, 0.5) is 0 Å². The quantitative estimate of drug-likeness (QED) is 0.0791. The molecule has 0 spiro atoms. The van der Waals surface area contributed by atoms with Gasteiger partial charge in [0, 0.05) is 75.1 Å². The monoisotopic (exact) mass is 776 g/mol. The lowest BCUT2D eigenvalue weighted by Crippen LogP contribution is -2.30. The Hall–Kier alpha value is -4.46. The number of pyridine rings is 1. The second kappa shape index (κ2) is 19.2. The standard InChI is InChI=1S/C41H49ClN4O7S/c1-5-41(48)45-15-14-43-23-32-20-37(42)40(21-39(32)52-26-30-19-34(24-44-22-30)54(4,49)50)53-27-31-9-6-10-35(28(31)2)36-11-7-12-38(29(36)3)51-18-8-16-46-17-13-33(47)25-46/h5-7,9-12,19-22,24,33,43,47H,1,8,13-18,23,25-27H2,2-4H3,(H,45,48)/t33-/m1/s1. The SMILES string of the molecule is C=CC(=O)NCCNCc1cc(Cl)c(OCc2cccc(-c3cccc(OCCCN4CC[C@@H](O)C4)c3C)c2C)cc1OCc1cncc(S(C)(=O)=O)c1. The summed E-state index contributed by atoms with van der Waals surface area (Å²) in [7, 11) is -3.44. The van der Waals surface area contributed by atoms with Crippen LogP contribution in [0.25, 0.3) is 11.1 Å². The van der Waals surface area contributed by atoms with Gasteiger partial charge in [-0.15, -0.1) is 0 Å². The van der Waals surface area contributed by atoms with Crippen LogP contribution < -0.4 is 24.8 Å². The van der Waals surface area contributed by atoms with Crippen LogP contribution in [0.3, 0.4) is 0 Å². The first kappa shape index (κ1) is 40.7. The van der Waals surface area contributed by atoms with Crippen molar-refractivity contribution in [3.63, 3.8) is 0 Å². The third-order valence-corrected chi connectivity index (χ3v) is 10.7. The first-order valence-electron chi connectivity index (χ1n) is 18.0. The van der Waals surface area contributed by atoms with Gasteiger partial charge in [-0.2, -0.15) is 0 Å². The van der Waals surface area contributed by atoms with Gasteiger partial charge in [0.05, 0.1) is 22.6 Å². The molecule has 1 fully saturated rings. The number of hydrogen-bond acceptors (Lipinski definition) is 10. The number of hydrogen-bond donors (Lipinski definition) is 3.